The zero-order chi connectivity index (χ0) is 9.26. The molecule has 2 aromatic heterocycles. The van der Waals surface area contributed by atoms with E-state index in [4.69, 9.17) is 9.63 Å². The maximum Gasteiger partial charge on any atom is 0.252 e. The van der Waals surface area contributed by atoms with Crippen LogP contribution < -0.4 is 0 Å². The second kappa shape index (κ2) is 3.27. The molecular formula is C8H8N2O2S. The van der Waals surface area contributed by atoms with Crippen LogP contribution in [0.2, 0.25) is 0 Å². The number of aromatic nitrogens is 2. The van der Waals surface area contributed by atoms with E-state index in [1.54, 1.807) is 11.3 Å². The molecular weight excluding hydrogens is 188 g/mol. The Morgan fingerprint density at radius 2 is 2.38 bits per heavy atom. The summed E-state index contributed by atoms with van der Waals surface area (Å²) in [6.45, 7) is 1.80. The summed E-state index contributed by atoms with van der Waals surface area (Å²) in [6.07, 6.45) is 0. The van der Waals surface area contributed by atoms with Gasteiger partial charge in [-0.3, -0.25) is 0 Å². The molecule has 0 saturated carbocycles. The van der Waals surface area contributed by atoms with Crippen LogP contribution in [0.4, 0.5) is 0 Å². The Balaban J connectivity index is 2.35. The Morgan fingerprint density at radius 1 is 1.54 bits per heavy atom. The van der Waals surface area contributed by atoms with Gasteiger partial charge in [-0.1, -0.05) is 5.16 Å². The fraction of sp³-hybridized carbons (Fsp3) is 0.250. The Kier molecular flexibility index (Phi) is 2.12. The fourth-order valence-corrected chi connectivity index (χ4v) is 1.77. The number of aliphatic hydroxyl groups is 1. The average molecular weight is 196 g/mol. The largest absolute Gasteiger partial charge is 0.387 e. The van der Waals surface area contributed by atoms with Gasteiger partial charge in [0.05, 0.1) is 4.88 Å². The Labute approximate surface area is 78.8 Å². The fourth-order valence-electron chi connectivity index (χ4n) is 0.974. The first-order chi connectivity index (χ1) is 6.29. The summed E-state index contributed by atoms with van der Waals surface area (Å²) in [6, 6.07) is 3.93. The molecule has 0 aliphatic heterocycles. The molecule has 2 rings (SSSR count). The zero-order valence-corrected chi connectivity index (χ0v) is 7.84. The number of hydrogen-bond acceptors (Lipinski definition) is 5. The highest BCUT2D eigenvalue weighted by Crippen LogP contribution is 2.24. The molecule has 2 aromatic rings. The molecule has 2 heterocycles. The second-order valence-corrected chi connectivity index (χ2v) is 3.87. The molecule has 0 fully saturated rings. The van der Waals surface area contributed by atoms with Gasteiger partial charge in [-0.2, -0.15) is 4.98 Å². The maximum atomic E-state index is 8.71. The van der Waals surface area contributed by atoms with Crippen LogP contribution in [0.15, 0.2) is 16.7 Å². The highest BCUT2D eigenvalue weighted by molar-refractivity contribution is 7.15. The van der Waals surface area contributed by atoms with E-state index in [0.29, 0.717) is 5.82 Å². The van der Waals surface area contributed by atoms with Crippen LogP contribution in [-0.2, 0) is 6.61 Å². The standard InChI is InChI=1S/C8H8N2O2S/c1-5-2-3-6(13-5)8-9-7(4-11)12-10-8/h2-3,11H,4H2,1H3. The lowest BCUT2D eigenvalue weighted by Crippen LogP contribution is -1.80. The molecule has 1 N–H and O–H groups in total. The summed E-state index contributed by atoms with van der Waals surface area (Å²) in [4.78, 5) is 6.15. The number of aliphatic hydroxyl groups excluding tert-OH is 1. The SMILES string of the molecule is Cc1ccc(-c2noc(CO)n2)s1. The predicted octanol–water partition coefficient (Wildman–Crippen LogP) is 1.60. The van der Waals surface area contributed by atoms with Gasteiger partial charge >= 0.3 is 0 Å². The molecule has 0 aliphatic carbocycles. The van der Waals surface area contributed by atoms with Crippen LogP contribution >= 0.6 is 11.3 Å². The van der Waals surface area contributed by atoms with Crippen molar-refractivity contribution in [1.82, 2.24) is 10.1 Å². The van der Waals surface area contributed by atoms with E-state index < -0.39 is 0 Å². The van der Waals surface area contributed by atoms with E-state index in [1.165, 1.54) is 4.88 Å². The third-order valence-electron chi connectivity index (χ3n) is 1.56. The van der Waals surface area contributed by atoms with Crippen LogP contribution in [0.25, 0.3) is 10.7 Å². The summed E-state index contributed by atoms with van der Waals surface area (Å²) in [7, 11) is 0. The van der Waals surface area contributed by atoms with Gasteiger partial charge < -0.3 is 9.63 Å². The van der Waals surface area contributed by atoms with Crippen molar-refractivity contribution in [1.29, 1.82) is 0 Å². The molecule has 13 heavy (non-hydrogen) atoms. The van der Waals surface area contributed by atoms with Crippen LogP contribution in [0.5, 0.6) is 0 Å². The molecule has 0 atom stereocenters. The molecule has 0 saturated heterocycles. The molecule has 4 nitrogen and oxygen atoms in total. The summed E-state index contributed by atoms with van der Waals surface area (Å²) >= 11 is 1.60. The summed E-state index contributed by atoms with van der Waals surface area (Å²) in [5.74, 6) is 0.795. The number of nitrogens with zero attached hydrogens (tertiary/aromatic N) is 2. The van der Waals surface area contributed by atoms with Crippen molar-refractivity contribution in [2.45, 2.75) is 13.5 Å². The van der Waals surface area contributed by atoms with Gasteiger partial charge in [0.25, 0.3) is 5.89 Å². The van der Waals surface area contributed by atoms with E-state index in [2.05, 4.69) is 10.1 Å². The van der Waals surface area contributed by atoms with Crippen molar-refractivity contribution < 1.29 is 9.63 Å². The van der Waals surface area contributed by atoms with Crippen molar-refractivity contribution in [3.05, 3.63) is 22.9 Å². The molecule has 0 unspecified atom stereocenters. The van der Waals surface area contributed by atoms with E-state index in [9.17, 15) is 0 Å². The Morgan fingerprint density at radius 3 is 2.92 bits per heavy atom. The first-order valence-electron chi connectivity index (χ1n) is 3.80. The van der Waals surface area contributed by atoms with Gasteiger partial charge in [-0.25, -0.2) is 0 Å². The Bertz CT molecular complexity index is 408. The normalized spacial score (nSPS) is 10.6. The van der Waals surface area contributed by atoms with E-state index in [1.807, 2.05) is 19.1 Å². The molecule has 0 aliphatic rings. The number of thiophene rings is 1. The van der Waals surface area contributed by atoms with Crippen molar-refractivity contribution in [3.63, 3.8) is 0 Å². The highest BCUT2D eigenvalue weighted by atomic mass is 32.1. The zero-order valence-electron chi connectivity index (χ0n) is 7.02. The lowest BCUT2D eigenvalue weighted by molar-refractivity contribution is 0.222. The second-order valence-electron chi connectivity index (χ2n) is 2.58. The number of aryl methyl sites for hydroxylation is 1. The smallest absolute Gasteiger partial charge is 0.252 e. The average Bonchev–Trinajstić information content (AvgIpc) is 2.71. The van der Waals surface area contributed by atoms with E-state index in [0.717, 1.165) is 4.88 Å². The molecule has 0 aromatic carbocycles. The third-order valence-corrected chi connectivity index (χ3v) is 2.56. The lowest BCUT2D eigenvalue weighted by Gasteiger charge is -1.82. The summed E-state index contributed by atoms with van der Waals surface area (Å²) in [5, 5.41) is 12.4. The molecule has 0 amide bonds. The van der Waals surface area contributed by atoms with Gasteiger partial charge in [-0.05, 0) is 19.1 Å². The van der Waals surface area contributed by atoms with Gasteiger partial charge in [-0.15, -0.1) is 11.3 Å². The molecule has 5 heteroatoms. The van der Waals surface area contributed by atoms with Crippen LogP contribution in [0, 0.1) is 6.92 Å². The highest BCUT2D eigenvalue weighted by Gasteiger charge is 2.08. The Hall–Kier alpha value is -1.20. The van der Waals surface area contributed by atoms with Crippen LogP contribution in [-0.4, -0.2) is 15.2 Å². The van der Waals surface area contributed by atoms with Gasteiger partial charge in [0.15, 0.2) is 0 Å². The molecule has 68 valence electrons. The van der Waals surface area contributed by atoms with Crippen LogP contribution in [0.3, 0.4) is 0 Å². The van der Waals surface area contributed by atoms with Crippen molar-refractivity contribution in [3.8, 4) is 10.7 Å². The predicted molar refractivity (Wildman–Crippen MR) is 48.3 cm³/mol. The summed E-state index contributed by atoms with van der Waals surface area (Å²) < 4.78 is 4.77. The monoisotopic (exact) mass is 196 g/mol. The first-order valence-corrected chi connectivity index (χ1v) is 4.61. The maximum absolute atomic E-state index is 8.71. The lowest BCUT2D eigenvalue weighted by atomic mass is 10.4. The number of rotatable bonds is 2. The molecule has 0 bridgehead atoms. The minimum atomic E-state index is -0.211. The van der Waals surface area contributed by atoms with Gasteiger partial charge in [0.1, 0.15) is 6.61 Å². The third kappa shape index (κ3) is 1.61. The van der Waals surface area contributed by atoms with Crippen molar-refractivity contribution in [2.24, 2.45) is 0 Å². The van der Waals surface area contributed by atoms with Crippen molar-refractivity contribution >= 4 is 11.3 Å². The van der Waals surface area contributed by atoms with Crippen molar-refractivity contribution in [2.75, 3.05) is 0 Å². The van der Waals surface area contributed by atoms with E-state index in [-0.39, 0.29) is 12.5 Å². The minimum Gasteiger partial charge on any atom is -0.387 e. The van der Waals surface area contributed by atoms with E-state index >= 15 is 0 Å². The quantitative estimate of drug-likeness (QED) is 0.792. The van der Waals surface area contributed by atoms with Gasteiger partial charge in [0.2, 0.25) is 5.82 Å². The number of hydrogen-bond donors (Lipinski definition) is 1. The summed E-state index contributed by atoms with van der Waals surface area (Å²) in [5.41, 5.74) is 0. The topological polar surface area (TPSA) is 59.2 Å². The van der Waals surface area contributed by atoms with Crippen LogP contribution in [0.1, 0.15) is 10.8 Å². The molecule has 0 spiro atoms. The minimum absolute atomic E-state index is 0.211. The first kappa shape index (κ1) is 8.40. The molecule has 0 radical (unpaired) electrons. The van der Waals surface area contributed by atoms with Gasteiger partial charge in [0, 0.05) is 4.88 Å².